The Morgan fingerprint density at radius 1 is 1.10 bits per heavy atom. The fourth-order valence-electron chi connectivity index (χ4n) is 2.78. The molecule has 0 spiro atoms. The number of amides is 2. The van der Waals surface area contributed by atoms with Gasteiger partial charge >= 0.3 is 5.97 Å². The summed E-state index contributed by atoms with van der Waals surface area (Å²) in [5.41, 5.74) is 0.236. The van der Waals surface area contributed by atoms with E-state index in [9.17, 15) is 14.4 Å². The van der Waals surface area contributed by atoms with Crippen molar-refractivity contribution in [1.29, 1.82) is 0 Å². The lowest BCUT2D eigenvalue weighted by atomic mass is 10.2. The molecule has 0 atom stereocenters. The third kappa shape index (κ3) is 6.35. The van der Waals surface area contributed by atoms with Crippen molar-refractivity contribution in [3.8, 4) is 11.5 Å². The maximum atomic E-state index is 12.2. The van der Waals surface area contributed by atoms with E-state index >= 15 is 0 Å². The second-order valence-electron chi connectivity index (χ2n) is 6.79. The topological polar surface area (TPSA) is 103 Å². The molecular weight excluding hydrogens is 380 g/mol. The van der Waals surface area contributed by atoms with Gasteiger partial charge in [-0.15, -0.1) is 0 Å². The average Bonchev–Trinajstić information content (AvgIpc) is 3.55. The molecule has 1 aliphatic carbocycles. The first kappa shape index (κ1) is 20.9. The van der Waals surface area contributed by atoms with E-state index in [1.165, 1.54) is 12.1 Å². The summed E-state index contributed by atoms with van der Waals surface area (Å²) < 4.78 is 21.4. The molecule has 1 aromatic rings. The van der Waals surface area contributed by atoms with Gasteiger partial charge in [-0.3, -0.25) is 9.59 Å². The number of hydrogen-bond acceptors (Lipinski definition) is 7. The van der Waals surface area contributed by atoms with Crippen LogP contribution in [0.1, 0.15) is 30.1 Å². The summed E-state index contributed by atoms with van der Waals surface area (Å²) in [4.78, 5) is 37.8. The SMILES string of the molecule is CCOc1cc(C(=O)OCC(=O)NC2CC2)ccc1OCC(=O)N1CCOCC1. The summed E-state index contributed by atoms with van der Waals surface area (Å²) in [5, 5.41) is 2.75. The lowest BCUT2D eigenvalue weighted by Gasteiger charge is -2.26. The molecule has 3 rings (SSSR count). The van der Waals surface area contributed by atoms with Crippen LogP contribution in [0.3, 0.4) is 0 Å². The van der Waals surface area contributed by atoms with E-state index in [4.69, 9.17) is 18.9 Å². The predicted octanol–water partition coefficient (Wildman–Crippen LogP) is 0.758. The highest BCUT2D eigenvalue weighted by molar-refractivity contribution is 5.92. The van der Waals surface area contributed by atoms with Gasteiger partial charge in [-0.2, -0.15) is 0 Å². The van der Waals surface area contributed by atoms with E-state index in [1.54, 1.807) is 17.9 Å². The fraction of sp³-hybridized carbons (Fsp3) is 0.550. The molecule has 0 unspecified atom stereocenters. The van der Waals surface area contributed by atoms with E-state index in [2.05, 4.69) is 5.32 Å². The Morgan fingerprint density at radius 3 is 2.55 bits per heavy atom. The number of hydrogen-bond donors (Lipinski definition) is 1. The zero-order valence-corrected chi connectivity index (χ0v) is 16.5. The Bertz CT molecular complexity index is 742. The van der Waals surface area contributed by atoms with Crippen LogP contribution >= 0.6 is 0 Å². The number of ether oxygens (including phenoxy) is 4. The van der Waals surface area contributed by atoms with E-state index in [-0.39, 0.29) is 36.6 Å². The van der Waals surface area contributed by atoms with Crippen LogP contribution in [0, 0.1) is 0 Å². The zero-order chi connectivity index (χ0) is 20.6. The third-order valence-corrected chi connectivity index (χ3v) is 4.47. The number of rotatable bonds is 9. The first-order valence-electron chi connectivity index (χ1n) is 9.78. The van der Waals surface area contributed by atoms with Crippen molar-refractivity contribution in [3.63, 3.8) is 0 Å². The standard InChI is InChI=1S/C20H26N2O7/c1-2-27-17-11-14(20(25)29-12-18(23)21-15-4-5-15)3-6-16(17)28-13-19(24)22-7-9-26-10-8-22/h3,6,11,15H,2,4-5,7-10,12-13H2,1H3,(H,21,23). The monoisotopic (exact) mass is 406 g/mol. The summed E-state index contributed by atoms with van der Waals surface area (Å²) in [6.45, 7) is 3.82. The Hall–Kier alpha value is -2.81. The van der Waals surface area contributed by atoms with Crippen LogP contribution in [-0.2, 0) is 19.1 Å². The second-order valence-corrected chi connectivity index (χ2v) is 6.79. The number of carbonyl (C=O) groups excluding carboxylic acids is 3. The number of carbonyl (C=O) groups is 3. The van der Waals surface area contributed by atoms with Crippen LogP contribution in [-0.4, -0.2) is 74.8 Å². The van der Waals surface area contributed by atoms with Gasteiger partial charge in [0.1, 0.15) is 0 Å². The summed E-state index contributed by atoms with van der Waals surface area (Å²) in [6.07, 6.45) is 1.93. The Morgan fingerprint density at radius 2 is 1.86 bits per heavy atom. The molecule has 29 heavy (non-hydrogen) atoms. The van der Waals surface area contributed by atoms with E-state index in [1.807, 2.05) is 0 Å². The molecule has 0 aromatic heterocycles. The van der Waals surface area contributed by atoms with Crippen molar-refractivity contribution >= 4 is 17.8 Å². The summed E-state index contributed by atoms with van der Waals surface area (Å²) in [5.74, 6) is -0.392. The number of morpholine rings is 1. The normalized spacial score (nSPS) is 16.1. The molecule has 9 nitrogen and oxygen atoms in total. The molecule has 2 amide bonds. The first-order valence-corrected chi connectivity index (χ1v) is 9.78. The van der Waals surface area contributed by atoms with Gasteiger partial charge in [0.2, 0.25) is 0 Å². The molecule has 9 heteroatoms. The van der Waals surface area contributed by atoms with Gasteiger partial charge in [0.15, 0.2) is 24.7 Å². The molecule has 0 bridgehead atoms. The third-order valence-electron chi connectivity index (χ3n) is 4.47. The van der Waals surface area contributed by atoms with Crippen molar-refractivity contribution in [2.24, 2.45) is 0 Å². The van der Waals surface area contributed by atoms with Gasteiger partial charge in [-0.05, 0) is 38.0 Å². The van der Waals surface area contributed by atoms with Gasteiger partial charge in [0.25, 0.3) is 11.8 Å². The van der Waals surface area contributed by atoms with Gasteiger partial charge < -0.3 is 29.2 Å². The van der Waals surface area contributed by atoms with Gasteiger partial charge in [-0.1, -0.05) is 0 Å². The highest BCUT2D eigenvalue weighted by atomic mass is 16.5. The molecule has 1 aromatic carbocycles. The molecule has 1 aliphatic heterocycles. The Labute approximate surface area is 169 Å². The van der Waals surface area contributed by atoms with Crippen LogP contribution < -0.4 is 14.8 Å². The molecule has 1 heterocycles. The van der Waals surface area contributed by atoms with Gasteiger partial charge in [-0.25, -0.2) is 4.79 Å². The fourth-order valence-corrected chi connectivity index (χ4v) is 2.78. The smallest absolute Gasteiger partial charge is 0.338 e. The predicted molar refractivity (Wildman–Crippen MR) is 102 cm³/mol. The van der Waals surface area contributed by atoms with Crippen molar-refractivity contribution in [2.45, 2.75) is 25.8 Å². The minimum Gasteiger partial charge on any atom is -0.490 e. The summed E-state index contributed by atoms with van der Waals surface area (Å²) in [7, 11) is 0. The van der Waals surface area contributed by atoms with Crippen LogP contribution in [0.25, 0.3) is 0 Å². The quantitative estimate of drug-likeness (QED) is 0.604. The van der Waals surface area contributed by atoms with Gasteiger partial charge in [0.05, 0.1) is 25.4 Å². The van der Waals surface area contributed by atoms with Crippen LogP contribution in [0.2, 0.25) is 0 Å². The molecule has 2 fully saturated rings. The Kier molecular flexibility index (Phi) is 7.29. The van der Waals surface area contributed by atoms with E-state index in [0.717, 1.165) is 12.8 Å². The largest absolute Gasteiger partial charge is 0.490 e. The van der Waals surface area contributed by atoms with Crippen LogP contribution in [0.15, 0.2) is 18.2 Å². The highest BCUT2D eigenvalue weighted by Gasteiger charge is 2.24. The molecule has 1 saturated heterocycles. The van der Waals surface area contributed by atoms with Crippen molar-refractivity contribution < 1.29 is 33.3 Å². The maximum Gasteiger partial charge on any atom is 0.338 e. The summed E-state index contributed by atoms with van der Waals surface area (Å²) >= 11 is 0. The minimum atomic E-state index is -0.632. The number of nitrogens with one attached hydrogen (secondary N) is 1. The molecule has 1 N–H and O–H groups in total. The number of benzene rings is 1. The van der Waals surface area contributed by atoms with E-state index in [0.29, 0.717) is 44.4 Å². The van der Waals surface area contributed by atoms with Crippen molar-refractivity contribution in [2.75, 3.05) is 46.1 Å². The van der Waals surface area contributed by atoms with Crippen LogP contribution in [0.5, 0.6) is 11.5 Å². The van der Waals surface area contributed by atoms with Crippen molar-refractivity contribution in [3.05, 3.63) is 23.8 Å². The minimum absolute atomic E-state index is 0.134. The van der Waals surface area contributed by atoms with Crippen molar-refractivity contribution in [1.82, 2.24) is 10.2 Å². The lowest BCUT2D eigenvalue weighted by Crippen LogP contribution is -2.43. The van der Waals surface area contributed by atoms with E-state index < -0.39 is 5.97 Å². The second kappa shape index (κ2) is 10.1. The van der Waals surface area contributed by atoms with Crippen LogP contribution in [0.4, 0.5) is 0 Å². The zero-order valence-electron chi connectivity index (χ0n) is 16.5. The van der Waals surface area contributed by atoms with Gasteiger partial charge in [0, 0.05) is 19.1 Å². The lowest BCUT2D eigenvalue weighted by molar-refractivity contribution is -0.137. The maximum absolute atomic E-state index is 12.2. The average molecular weight is 406 g/mol. The molecule has 2 aliphatic rings. The molecule has 1 saturated carbocycles. The number of esters is 1. The highest BCUT2D eigenvalue weighted by Crippen LogP contribution is 2.29. The summed E-state index contributed by atoms with van der Waals surface area (Å²) in [6, 6.07) is 4.76. The molecule has 158 valence electrons. The molecule has 0 radical (unpaired) electrons. The molecular formula is C20H26N2O7. The first-order chi connectivity index (χ1) is 14.1. The Balaban J connectivity index is 1.55. The number of nitrogens with zero attached hydrogens (tertiary/aromatic N) is 1.